The third-order valence-corrected chi connectivity index (χ3v) is 5.10. The SMILES string of the molecule is Cc1cc(N2CCC(NS(C)(=O)=O)CC2)c2cccc([N+](=O)[O-])c2n1. The second-order valence-corrected chi connectivity index (χ2v) is 8.14. The predicted octanol–water partition coefficient (Wildman–Crippen LogP) is 1.97. The maximum Gasteiger partial charge on any atom is 0.295 e. The number of nitrogens with one attached hydrogen (secondary N) is 1. The summed E-state index contributed by atoms with van der Waals surface area (Å²) < 4.78 is 25.4. The van der Waals surface area contributed by atoms with Crippen molar-refractivity contribution < 1.29 is 13.3 Å². The molecule has 0 radical (unpaired) electrons. The molecule has 1 aromatic heterocycles. The Kier molecular flexibility index (Phi) is 4.61. The van der Waals surface area contributed by atoms with Gasteiger partial charge in [0.1, 0.15) is 0 Å². The first kappa shape index (κ1) is 17.6. The summed E-state index contributed by atoms with van der Waals surface area (Å²) in [6, 6.07) is 6.82. The Balaban J connectivity index is 1.92. The van der Waals surface area contributed by atoms with Crippen LogP contribution in [0.15, 0.2) is 24.3 Å². The van der Waals surface area contributed by atoms with Crippen LogP contribution in [0.3, 0.4) is 0 Å². The van der Waals surface area contributed by atoms with Crippen LogP contribution in [0.4, 0.5) is 11.4 Å². The summed E-state index contributed by atoms with van der Waals surface area (Å²) in [5, 5.41) is 12.0. The molecule has 0 unspecified atom stereocenters. The lowest BCUT2D eigenvalue weighted by atomic mass is 10.0. The van der Waals surface area contributed by atoms with Crippen LogP contribution in [0.5, 0.6) is 0 Å². The number of hydrogen-bond acceptors (Lipinski definition) is 6. The van der Waals surface area contributed by atoms with E-state index in [-0.39, 0.29) is 11.7 Å². The number of sulfonamides is 1. The van der Waals surface area contributed by atoms with Gasteiger partial charge in [0, 0.05) is 42.0 Å². The van der Waals surface area contributed by atoms with Crippen molar-refractivity contribution in [2.24, 2.45) is 0 Å². The Labute approximate surface area is 146 Å². The monoisotopic (exact) mass is 364 g/mol. The maximum atomic E-state index is 11.4. The molecule has 1 aromatic carbocycles. The Hall–Kier alpha value is -2.26. The van der Waals surface area contributed by atoms with Crippen LogP contribution in [0.1, 0.15) is 18.5 Å². The summed E-state index contributed by atoms with van der Waals surface area (Å²) in [7, 11) is -3.22. The van der Waals surface area contributed by atoms with E-state index < -0.39 is 14.9 Å². The highest BCUT2D eigenvalue weighted by Crippen LogP contribution is 2.33. The Morgan fingerprint density at radius 2 is 2.00 bits per heavy atom. The van der Waals surface area contributed by atoms with Crippen molar-refractivity contribution in [3.63, 3.8) is 0 Å². The number of pyridine rings is 1. The lowest BCUT2D eigenvalue weighted by Gasteiger charge is -2.34. The van der Waals surface area contributed by atoms with E-state index in [1.807, 2.05) is 19.1 Å². The first-order valence-electron chi connectivity index (χ1n) is 8.01. The van der Waals surface area contributed by atoms with Crippen LogP contribution in [-0.4, -0.2) is 43.7 Å². The average molecular weight is 364 g/mol. The quantitative estimate of drug-likeness (QED) is 0.657. The number of rotatable bonds is 4. The van der Waals surface area contributed by atoms with Crippen LogP contribution in [0.25, 0.3) is 10.9 Å². The molecule has 25 heavy (non-hydrogen) atoms. The van der Waals surface area contributed by atoms with E-state index in [4.69, 9.17) is 0 Å². The third kappa shape index (κ3) is 3.88. The number of hydrogen-bond donors (Lipinski definition) is 1. The molecule has 3 rings (SSSR count). The molecule has 134 valence electrons. The summed E-state index contributed by atoms with van der Waals surface area (Å²) in [5.74, 6) is 0. The zero-order chi connectivity index (χ0) is 18.2. The van der Waals surface area contributed by atoms with Crippen molar-refractivity contribution in [2.45, 2.75) is 25.8 Å². The molecule has 0 aliphatic carbocycles. The van der Waals surface area contributed by atoms with Crippen LogP contribution in [0.2, 0.25) is 0 Å². The molecule has 2 aromatic rings. The number of benzene rings is 1. The van der Waals surface area contributed by atoms with Crippen LogP contribution < -0.4 is 9.62 Å². The summed E-state index contributed by atoms with van der Waals surface area (Å²) in [5.41, 5.74) is 2.01. The molecule has 9 heteroatoms. The molecule has 2 heterocycles. The van der Waals surface area contributed by atoms with Crippen molar-refractivity contribution >= 4 is 32.3 Å². The third-order valence-electron chi connectivity index (χ3n) is 4.34. The summed E-state index contributed by atoms with van der Waals surface area (Å²) in [4.78, 5) is 17.4. The zero-order valence-electron chi connectivity index (χ0n) is 14.1. The van der Waals surface area contributed by atoms with Gasteiger partial charge in [-0.3, -0.25) is 10.1 Å². The molecular formula is C16H20N4O4S. The van der Waals surface area contributed by atoms with E-state index >= 15 is 0 Å². The second kappa shape index (κ2) is 6.57. The Morgan fingerprint density at radius 1 is 1.32 bits per heavy atom. The van der Waals surface area contributed by atoms with E-state index in [1.54, 1.807) is 6.07 Å². The van der Waals surface area contributed by atoms with Gasteiger partial charge in [-0.2, -0.15) is 0 Å². The van der Waals surface area contributed by atoms with Crippen molar-refractivity contribution in [3.8, 4) is 0 Å². The van der Waals surface area contributed by atoms with Gasteiger partial charge in [0.15, 0.2) is 5.52 Å². The van der Waals surface area contributed by atoms with Crippen LogP contribution in [0, 0.1) is 17.0 Å². The van der Waals surface area contributed by atoms with Crippen LogP contribution in [-0.2, 0) is 10.0 Å². The second-order valence-electron chi connectivity index (χ2n) is 6.36. The highest BCUT2D eigenvalue weighted by atomic mass is 32.2. The molecule has 1 saturated heterocycles. The lowest BCUT2D eigenvalue weighted by Crippen LogP contribution is -2.44. The van der Waals surface area contributed by atoms with E-state index in [0.717, 1.165) is 17.3 Å². The number of anilines is 1. The van der Waals surface area contributed by atoms with Crippen molar-refractivity contribution in [3.05, 3.63) is 40.1 Å². The molecule has 0 bridgehead atoms. The van der Waals surface area contributed by atoms with Gasteiger partial charge in [-0.15, -0.1) is 0 Å². The van der Waals surface area contributed by atoms with Crippen LogP contribution >= 0.6 is 0 Å². The van der Waals surface area contributed by atoms with Gasteiger partial charge < -0.3 is 4.90 Å². The highest BCUT2D eigenvalue weighted by Gasteiger charge is 2.24. The molecule has 8 nitrogen and oxygen atoms in total. The van der Waals surface area contributed by atoms with Crippen molar-refractivity contribution in [1.82, 2.24) is 9.71 Å². The molecular weight excluding hydrogens is 344 g/mol. The number of para-hydroxylation sites is 1. The number of fused-ring (bicyclic) bond motifs is 1. The normalized spacial score (nSPS) is 16.3. The van der Waals surface area contributed by atoms with Gasteiger partial charge in [0.2, 0.25) is 10.0 Å². The van der Waals surface area contributed by atoms with E-state index in [0.29, 0.717) is 37.1 Å². The van der Waals surface area contributed by atoms with E-state index in [1.165, 1.54) is 6.07 Å². The van der Waals surface area contributed by atoms with Crippen molar-refractivity contribution in [1.29, 1.82) is 0 Å². The fourth-order valence-corrected chi connectivity index (χ4v) is 4.13. The topological polar surface area (TPSA) is 105 Å². The minimum atomic E-state index is -3.22. The number of nitro benzene ring substituents is 1. The number of aromatic nitrogens is 1. The largest absolute Gasteiger partial charge is 0.371 e. The molecule has 0 atom stereocenters. The summed E-state index contributed by atoms with van der Waals surface area (Å²) in [6.45, 7) is 3.17. The predicted molar refractivity (Wildman–Crippen MR) is 96.3 cm³/mol. The minimum Gasteiger partial charge on any atom is -0.371 e. The fraction of sp³-hybridized carbons (Fsp3) is 0.438. The van der Waals surface area contributed by atoms with Gasteiger partial charge in [-0.1, -0.05) is 12.1 Å². The zero-order valence-corrected chi connectivity index (χ0v) is 14.9. The summed E-state index contributed by atoms with van der Waals surface area (Å²) in [6.07, 6.45) is 2.54. The smallest absolute Gasteiger partial charge is 0.295 e. The average Bonchev–Trinajstić information content (AvgIpc) is 2.52. The molecule has 1 fully saturated rings. The number of nitro groups is 1. The van der Waals surface area contributed by atoms with Gasteiger partial charge in [0.05, 0.1) is 11.2 Å². The number of nitrogens with zero attached hydrogens (tertiary/aromatic N) is 3. The Morgan fingerprint density at radius 3 is 2.60 bits per heavy atom. The van der Waals surface area contributed by atoms with E-state index in [9.17, 15) is 18.5 Å². The van der Waals surface area contributed by atoms with Gasteiger partial charge in [-0.25, -0.2) is 18.1 Å². The summed E-state index contributed by atoms with van der Waals surface area (Å²) >= 11 is 0. The van der Waals surface area contributed by atoms with E-state index in [2.05, 4.69) is 14.6 Å². The standard InChI is InChI=1S/C16H20N4O4S/c1-11-10-15(13-4-3-5-14(20(21)22)16(13)17-11)19-8-6-12(7-9-19)18-25(2,23)24/h3-5,10,12,18H,6-9H2,1-2H3. The van der Waals surface area contributed by atoms with Crippen molar-refractivity contribution in [2.75, 3.05) is 24.2 Å². The molecule has 1 N–H and O–H groups in total. The number of aryl methyl sites for hydroxylation is 1. The van der Waals surface area contributed by atoms with Gasteiger partial charge >= 0.3 is 0 Å². The lowest BCUT2D eigenvalue weighted by molar-refractivity contribution is -0.383. The first-order valence-corrected chi connectivity index (χ1v) is 9.91. The molecule has 0 spiro atoms. The molecule has 1 aliphatic rings. The number of non-ortho nitro benzene ring substituents is 1. The molecule has 0 saturated carbocycles. The van der Waals surface area contributed by atoms with Gasteiger partial charge in [-0.05, 0) is 25.8 Å². The molecule has 0 amide bonds. The highest BCUT2D eigenvalue weighted by molar-refractivity contribution is 7.88. The first-order chi connectivity index (χ1) is 11.7. The minimum absolute atomic E-state index is 0.00363. The Bertz CT molecular complexity index is 921. The fourth-order valence-electron chi connectivity index (χ4n) is 3.29. The molecule has 1 aliphatic heterocycles. The number of piperidine rings is 1. The van der Waals surface area contributed by atoms with Gasteiger partial charge in [0.25, 0.3) is 5.69 Å². The maximum absolute atomic E-state index is 11.4.